The average molecular weight is 240 g/mol. The van der Waals surface area contributed by atoms with Gasteiger partial charge in [0.05, 0.1) is 19.3 Å². The minimum atomic E-state index is -0.0491. The van der Waals surface area contributed by atoms with Gasteiger partial charge in [-0.2, -0.15) is 0 Å². The number of amides is 1. The van der Waals surface area contributed by atoms with Crippen molar-refractivity contribution in [1.29, 1.82) is 0 Å². The summed E-state index contributed by atoms with van der Waals surface area (Å²) in [6.45, 7) is 12.9. The number of ether oxygens (including phenoxy) is 1. The number of nitrogens with one attached hydrogen (secondary N) is 1. The first kappa shape index (κ1) is 14.2. The molecule has 0 atom stereocenters. The Morgan fingerprint density at radius 3 is 2.47 bits per heavy atom. The fourth-order valence-corrected chi connectivity index (χ4v) is 1.45. The molecule has 1 amide bonds. The summed E-state index contributed by atoms with van der Waals surface area (Å²) in [5.41, 5.74) is 0.715. The highest BCUT2D eigenvalue weighted by Gasteiger charge is 2.24. The number of likely N-dealkylation sites (N-methyl/N-ethyl adjacent to an activating group) is 1. The Labute approximate surface area is 104 Å². The minimum absolute atomic E-state index is 0.0491. The van der Waals surface area contributed by atoms with Gasteiger partial charge in [-0.05, 0) is 12.5 Å². The molecule has 17 heavy (non-hydrogen) atoms. The van der Waals surface area contributed by atoms with Gasteiger partial charge < -0.3 is 10.1 Å². The molecular weight excluding hydrogens is 216 g/mol. The van der Waals surface area contributed by atoms with Crippen molar-refractivity contribution in [3.8, 4) is 0 Å². The second-order valence-corrected chi connectivity index (χ2v) is 5.95. The van der Waals surface area contributed by atoms with Crippen molar-refractivity contribution >= 4 is 5.91 Å². The Bertz CT molecular complexity index is 290. The molecule has 1 fully saturated rings. The van der Waals surface area contributed by atoms with Gasteiger partial charge >= 0.3 is 0 Å². The first-order valence-electron chi connectivity index (χ1n) is 6.03. The standard InChI is InChI=1S/C13H24N2O2/c1-10(6-15(5)11-7-17-8-11)12(16)14-9-13(2,3)4/h11H,1,6-9H2,2-5H3,(H,14,16). The van der Waals surface area contributed by atoms with Crippen LogP contribution in [0.25, 0.3) is 0 Å². The molecule has 1 heterocycles. The number of hydrogen-bond donors (Lipinski definition) is 1. The van der Waals surface area contributed by atoms with E-state index in [-0.39, 0.29) is 11.3 Å². The van der Waals surface area contributed by atoms with Crippen LogP contribution in [0.1, 0.15) is 20.8 Å². The van der Waals surface area contributed by atoms with Crippen molar-refractivity contribution in [2.75, 3.05) is 33.4 Å². The summed E-state index contributed by atoms with van der Waals surface area (Å²) in [4.78, 5) is 13.9. The first-order valence-corrected chi connectivity index (χ1v) is 6.03. The maximum atomic E-state index is 11.8. The average Bonchev–Trinajstić information content (AvgIpc) is 2.09. The van der Waals surface area contributed by atoms with Crippen molar-refractivity contribution in [3.05, 3.63) is 12.2 Å². The van der Waals surface area contributed by atoms with Gasteiger partial charge in [0.1, 0.15) is 0 Å². The van der Waals surface area contributed by atoms with Crippen LogP contribution in [0.2, 0.25) is 0 Å². The fraction of sp³-hybridized carbons (Fsp3) is 0.769. The highest BCUT2D eigenvalue weighted by atomic mass is 16.5. The van der Waals surface area contributed by atoms with Crippen LogP contribution >= 0.6 is 0 Å². The number of carbonyl (C=O) groups excluding carboxylic acids is 1. The molecule has 1 aliphatic rings. The maximum Gasteiger partial charge on any atom is 0.247 e. The Morgan fingerprint density at radius 2 is 2.06 bits per heavy atom. The van der Waals surface area contributed by atoms with Crippen molar-refractivity contribution in [1.82, 2.24) is 10.2 Å². The molecule has 4 nitrogen and oxygen atoms in total. The van der Waals surface area contributed by atoms with Crippen LogP contribution < -0.4 is 5.32 Å². The lowest BCUT2D eigenvalue weighted by molar-refractivity contribution is -0.118. The normalized spacial score (nSPS) is 16.8. The first-order chi connectivity index (χ1) is 7.79. The zero-order chi connectivity index (χ0) is 13.1. The monoisotopic (exact) mass is 240 g/mol. The Kier molecular flexibility index (Phi) is 4.71. The SMILES string of the molecule is C=C(CN(C)C1COC1)C(=O)NCC(C)(C)C. The summed E-state index contributed by atoms with van der Waals surface area (Å²) in [7, 11) is 2.00. The third-order valence-electron chi connectivity index (χ3n) is 2.78. The second kappa shape index (κ2) is 5.65. The van der Waals surface area contributed by atoms with Crippen molar-refractivity contribution in [3.63, 3.8) is 0 Å². The van der Waals surface area contributed by atoms with E-state index in [1.807, 2.05) is 7.05 Å². The van der Waals surface area contributed by atoms with Crippen molar-refractivity contribution in [2.45, 2.75) is 26.8 Å². The van der Waals surface area contributed by atoms with Gasteiger partial charge in [0.2, 0.25) is 5.91 Å². The molecule has 0 bridgehead atoms. The number of nitrogens with zero attached hydrogens (tertiary/aromatic N) is 1. The van der Waals surface area contributed by atoms with E-state index in [9.17, 15) is 4.79 Å². The maximum absolute atomic E-state index is 11.8. The van der Waals surface area contributed by atoms with Gasteiger partial charge in [-0.15, -0.1) is 0 Å². The van der Waals surface area contributed by atoms with E-state index in [0.717, 1.165) is 13.2 Å². The summed E-state index contributed by atoms with van der Waals surface area (Å²) in [5, 5.41) is 2.91. The molecule has 0 unspecified atom stereocenters. The molecule has 0 spiro atoms. The topological polar surface area (TPSA) is 41.6 Å². The lowest BCUT2D eigenvalue weighted by Crippen LogP contribution is -2.48. The van der Waals surface area contributed by atoms with E-state index in [4.69, 9.17) is 4.74 Å². The second-order valence-electron chi connectivity index (χ2n) is 5.95. The number of hydrogen-bond acceptors (Lipinski definition) is 3. The Morgan fingerprint density at radius 1 is 1.47 bits per heavy atom. The molecule has 0 radical (unpaired) electrons. The molecule has 0 aromatic carbocycles. The molecule has 1 aliphatic heterocycles. The van der Waals surface area contributed by atoms with Crippen LogP contribution in [0.3, 0.4) is 0 Å². The van der Waals surface area contributed by atoms with Gasteiger partial charge in [-0.1, -0.05) is 27.4 Å². The number of carbonyl (C=O) groups is 1. The predicted octanol–water partition coefficient (Wildman–Crippen LogP) is 1.04. The molecule has 1 rings (SSSR count). The van der Waals surface area contributed by atoms with E-state index in [1.54, 1.807) is 0 Å². The van der Waals surface area contributed by atoms with Gasteiger partial charge in [0.15, 0.2) is 0 Å². The molecule has 0 saturated carbocycles. The zero-order valence-electron chi connectivity index (χ0n) is 11.4. The molecular formula is C13H24N2O2. The highest BCUT2D eigenvalue weighted by molar-refractivity contribution is 5.93. The zero-order valence-corrected chi connectivity index (χ0v) is 11.4. The van der Waals surface area contributed by atoms with Crippen LogP contribution in [0.15, 0.2) is 12.2 Å². The highest BCUT2D eigenvalue weighted by Crippen LogP contribution is 2.12. The molecule has 0 aromatic rings. The molecule has 1 saturated heterocycles. The van der Waals surface area contributed by atoms with Crippen LogP contribution in [0.4, 0.5) is 0 Å². The fourth-order valence-electron chi connectivity index (χ4n) is 1.45. The van der Waals surface area contributed by atoms with Gasteiger partial charge in [0.25, 0.3) is 0 Å². The van der Waals surface area contributed by atoms with Gasteiger partial charge in [0, 0.05) is 18.7 Å². The third-order valence-corrected chi connectivity index (χ3v) is 2.78. The lowest BCUT2D eigenvalue weighted by atomic mass is 9.97. The summed E-state index contributed by atoms with van der Waals surface area (Å²) in [6, 6.07) is 0.433. The molecule has 1 N–H and O–H groups in total. The number of rotatable bonds is 5. The Balaban J connectivity index is 2.28. The molecule has 0 aliphatic carbocycles. The predicted molar refractivity (Wildman–Crippen MR) is 68.8 cm³/mol. The van der Waals surface area contributed by atoms with Crippen LogP contribution in [0, 0.1) is 5.41 Å². The molecule has 98 valence electrons. The quantitative estimate of drug-likeness (QED) is 0.730. The Hall–Kier alpha value is -0.870. The summed E-state index contributed by atoms with van der Waals surface area (Å²) >= 11 is 0. The largest absolute Gasteiger partial charge is 0.378 e. The van der Waals surface area contributed by atoms with E-state index in [2.05, 4.69) is 37.6 Å². The van der Waals surface area contributed by atoms with E-state index in [1.165, 1.54) is 0 Å². The van der Waals surface area contributed by atoms with Gasteiger partial charge in [-0.25, -0.2) is 0 Å². The smallest absolute Gasteiger partial charge is 0.247 e. The summed E-state index contributed by atoms with van der Waals surface area (Å²) in [6.07, 6.45) is 0. The van der Waals surface area contributed by atoms with Crippen LogP contribution in [-0.2, 0) is 9.53 Å². The van der Waals surface area contributed by atoms with E-state index < -0.39 is 0 Å². The minimum Gasteiger partial charge on any atom is -0.378 e. The van der Waals surface area contributed by atoms with Crippen molar-refractivity contribution in [2.24, 2.45) is 5.41 Å². The van der Waals surface area contributed by atoms with E-state index in [0.29, 0.717) is 24.7 Å². The summed E-state index contributed by atoms with van der Waals surface area (Å²) in [5.74, 6) is -0.0491. The third kappa shape index (κ3) is 4.88. The van der Waals surface area contributed by atoms with Crippen LogP contribution in [-0.4, -0.2) is 50.2 Å². The lowest BCUT2D eigenvalue weighted by Gasteiger charge is -2.34. The van der Waals surface area contributed by atoms with Crippen LogP contribution in [0.5, 0.6) is 0 Å². The van der Waals surface area contributed by atoms with Gasteiger partial charge in [-0.3, -0.25) is 9.69 Å². The van der Waals surface area contributed by atoms with Crippen molar-refractivity contribution < 1.29 is 9.53 Å². The molecule has 4 heteroatoms. The van der Waals surface area contributed by atoms with E-state index >= 15 is 0 Å². The molecule has 0 aromatic heterocycles. The summed E-state index contributed by atoms with van der Waals surface area (Å²) < 4.78 is 5.12.